The molecule has 2 aromatic carbocycles. The molecule has 0 N–H and O–H groups in total. The van der Waals surface area contributed by atoms with E-state index in [1.165, 1.54) is 27.8 Å². The van der Waals surface area contributed by atoms with Crippen molar-refractivity contribution in [3.63, 3.8) is 0 Å². The lowest BCUT2D eigenvalue weighted by Gasteiger charge is -2.03. The molecule has 100 valence electrons. The van der Waals surface area contributed by atoms with E-state index in [9.17, 15) is 0 Å². The number of benzene rings is 2. The molecular weight excluding hydrogens is 254 g/mol. The van der Waals surface area contributed by atoms with Crippen LogP contribution in [0.1, 0.15) is 0 Å². The summed E-state index contributed by atoms with van der Waals surface area (Å²) in [4.78, 5) is 0. The van der Waals surface area contributed by atoms with Gasteiger partial charge in [-0.15, -0.1) is 0 Å². The van der Waals surface area contributed by atoms with Gasteiger partial charge in [-0.2, -0.15) is 0 Å². The Kier molecular flexibility index (Phi) is 2.82. The predicted octanol–water partition coefficient (Wildman–Crippen LogP) is 5.27. The van der Waals surface area contributed by atoms with Gasteiger partial charge in [0.25, 0.3) is 0 Å². The summed E-state index contributed by atoms with van der Waals surface area (Å²) in [5.74, 6) is 0. The summed E-state index contributed by atoms with van der Waals surface area (Å²) >= 11 is 0. The van der Waals surface area contributed by atoms with Gasteiger partial charge in [-0.3, -0.25) is 0 Å². The Morgan fingerprint density at radius 1 is 0.524 bits per heavy atom. The number of nitrogens with zero attached hydrogens (tertiary/aromatic N) is 1. The van der Waals surface area contributed by atoms with Crippen molar-refractivity contribution in [3.8, 4) is 22.3 Å². The van der Waals surface area contributed by atoms with E-state index in [-0.39, 0.29) is 0 Å². The van der Waals surface area contributed by atoms with Crippen LogP contribution in [0, 0.1) is 0 Å². The van der Waals surface area contributed by atoms with Crippen molar-refractivity contribution in [1.29, 1.82) is 0 Å². The lowest BCUT2D eigenvalue weighted by molar-refractivity contribution is 1.20. The first-order chi connectivity index (χ1) is 10.4. The molecule has 0 spiro atoms. The largest absolute Gasteiger partial charge is 0.323 e. The molecule has 0 saturated carbocycles. The second-order valence-corrected chi connectivity index (χ2v) is 5.20. The van der Waals surface area contributed by atoms with Gasteiger partial charge < -0.3 is 4.40 Å². The van der Waals surface area contributed by atoms with Gasteiger partial charge in [0.15, 0.2) is 0 Å². The molecule has 1 heteroatoms. The third-order valence-electron chi connectivity index (χ3n) is 3.83. The number of pyridine rings is 1. The van der Waals surface area contributed by atoms with Crippen LogP contribution < -0.4 is 0 Å². The number of aromatic nitrogens is 1. The lowest BCUT2D eigenvalue weighted by Crippen LogP contribution is -1.79. The maximum atomic E-state index is 2.22. The fourth-order valence-electron chi connectivity index (χ4n) is 2.70. The number of hydrogen-bond donors (Lipinski definition) is 0. The molecule has 2 aromatic heterocycles. The van der Waals surface area contributed by atoms with Crippen LogP contribution in [-0.2, 0) is 0 Å². The Bertz CT molecular complexity index is 838. The molecule has 0 aliphatic rings. The fraction of sp³-hybridized carbons (Fsp3) is 0. The van der Waals surface area contributed by atoms with Gasteiger partial charge in [0.2, 0.25) is 0 Å². The zero-order chi connectivity index (χ0) is 14.1. The summed E-state index contributed by atoms with van der Waals surface area (Å²) in [7, 11) is 0. The minimum atomic E-state index is 1.22. The van der Waals surface area contributed by atoms with Crippen LogP contribution >= 0.6 is 0 Å². The van der Waals surface area contributed by atoms with E-state index < -0.39 is 0 Å². The zero-order valence-corrected chi connectivity index (χ0v) is 11.6. The van der Waals surface area contributed by atoms with Crippen LogP contribution in [0.3, 0.4) is 0 Å². The van der Waals surface area contributed by atoms with E-state index in [1.807, 2.05) is 6.07 Å². The van der Waals surface area contributed by atoms with Gasteiger partial charge in [0.1, 0.15) is 0 Å². The normalized spacial score (nSPS) is 10.9. The molecule has 4 aromatic rings. The van der Waals surface area contributed by atoms with E-state index in [2.05, 4.69) is 89.6 Å². The molecule has 0 unspecified atom stereocenters. The highest BCUT2D eigenvalue weighted by Gasteiger charge is 2.03. The van der Waals surface area contributed by atoms with Crippen LogP contribution in [-0.4, -0.2) is 4.40 Å². The van der Waals surface area contributed by atoms with Crippen molar-refractivity contribution in [2.75, 3.05) is 0 Å². The minimum absolute atomic E-state index is 1.22. The van der Waals surface area contributed by atoms with Crippen LogP contribution in [0.2, 0.25) is 0 Å². The Morgan fingerprint density at radius 2 is 1.14 bits per heavy atom. The summed E-state index contributed by atoms with van der Waals surface area (Å²) < 4.78 is 2.15. The molecule has 0 atom stereocenters. The minimum Gasteiger partial charge on any atom is -0.323 e. The van der Waals surface area contributed by atoms with Gasteiger partial charge in [0.05, 0.1) is 0 Å². The van der Waals surface area contributed by atoms with Crippen molar-refractivity contribution < 1.29 is 0 Å². The Balaban J connectivity index is 1.73. The second-order valence-electron chi connectivity index (χ2n) is 5.20. The molecule has 0 amide bonds. The number of fused-ring (bicyclic) bond motifs is 1. The van der Waals surface area contributed by atoms with Crippen molar-refractivity contribution in [2.45, 2.75) is 0 Å². The standard InChI is InChI=1S/C20H15N/c1-2-6-16(7-3-1)17-9-11-18(12-10-17)19-14-20-8-4-5-13-21(20)15-19/h1-15H. The highest BCUT2D eigenvalue weighted by atomic mass is 14.8. The summed E-state index contributed by atoms with van der Waals surface area (Å²) in [6.45, 7) is 0. The summed E-state index contributed by atoms with van der Waals surface area (Å²) in [6, 6.07) is 27.7. The molecule has 2 heterocycles. The van der Waals surface area contributed by atoms with Crippen molar-refractivity contribution in [2.24, 2.45) is 0 Å². The van der Waals surface area contributed by atoms with Crippen LogP contribution in [0.5, 0.6) is 0 Å². The summed E-state index contributed by atoms with van der Waals surface area (Å²) in [5.41, 5.74) is 6.23. The van der Waals surface area contributed by atoms with Crippen molar-refractivity contribution in [3.05, 3.63) is 91.3 Å². The first-order valence-corrected chi connectivity index (χ1v) is 7.13. The van der Waals surface area contributed by atoms with E-state index in [4.69, 9.17) is 0 Å². The van der Waals surface area contributed by atoms with Crippen LogP contribution in [0.4, 0.5) is 0 Å². The molecule has 0 aliphatic heterocycles. The van der Waals surface area contributed by atoms with Gasteiger partial charge in [-0.1, -0.05) is 60.7 Å². The van der Waals surface area contributed by atoms with Gasteiger partial charge >= 0.3 is 0 Å². The Morgan fingerprint density at radius 3 is 1.86 bits per heavy atom. The van der Waals surface area contributed by atoms with E-state index in [1.54, 1.807) is 0 Å². The number of rotatable bonds is 2. The molecule has 0 fully saturated rings. The molecule has 1 nitrogen and oxygen atoms in total. The highest BCUT2D eigenvalue weighted by molar-refractivity contribution is 5.73. The molecule has 21 heavy (non-hydrogen) atoms. The Hall–Kier alpha value is -2.80. The van der Waals surface area contributed by atoms with Crippen LogP contribution in [0.15, 0.2) is 91.3 Å². The smallest absolute Gasteiger partial charge is 0.0456 e. The molecule has 4 rings (SSSR count). The monoisotopic (exact) mass is 269 g/mol. The van der Waals surface area contributed by atoms with E-state index in [0.717, 1.165) is 0 Å². The summed E-state index contributed by atoms with van der Waals surface area (Å²) in [6.07, 6.45) is 4.25. The molecule has 0 aliphatic carbocycles. The second kappa shape index (κ2) is 4.95. The number of hydrogen-bond acceptors (Lipinski definition) is 0. The summed E-state index contributed by atoms with van der Waals surface area (Å²) in [5, 5.41) is 0. The third-order valence-corrected chi connectivity index (χ3v) is 3.83. The first-order valence-electron chi connectivity index (χ1n) is 7.13. The topological polar surface area (TPSA) is 4.41 Å². The van der Waals surface area contributed by atoms with E-state index >= 15 is 0 Å². The van der Waals surface area contributed by atoms with Gasteiger partial charge in [-0.25, -0.2) is 0 Å². The molecular formula is C20H15N. The predicted molar refractivity (Wildman–Crippen MR) is 88.3 cm³/mol. The maximum Gasteiger partial charge on any atom is 0.0456 e. The van der Waals surface area contributed by atoms with Crippen molar-refractivity contribution >= 4 is 5.52 Å². The molecule has 0 saturated heterocycles. The lowest BCUT2D eigenvalue weighted by atomic mass is 10.0. The average molecular weight is 269 g/mol. The highest BCUT2D eigenvalue weighted by Crippen LogP contribution is 2.26. The van der Waals surface area contributed by atoms with Gasteiger partial charge in [-0.05, 0) is 34.9 Å². The molecule has 0 bridgehead atoms. The van der Waals surface area contributed by atoms with E-state index in [0.29, 0.717) is 0 Å². The third kappa shape index (κ3) is 2.23. The zero-order valence-electron chi connectivity index (χ0n) is 11.6. The first kappa shape index (κ1) is 12.0. The molecule has 0 radical (unpaired) electrons. The van der Waals surface area contributed by atoms with Crippen LogP contribution in [0.25, 0.3) is 27.8 Å². The average Bonchev–Trinajstić information content (AvgIpc) is 3.00. The van der Waals surface area contributed by atoms with Crippen molar-refractivity contribution in [1.82, 2.24) is 4.40 Å². The Labute approximate surface area is 124 Å². The quantitative estimate of drug-likeness (QED) is 0.467. The fourth-order valence-corrected chi connectivity index (χ4v) is 2.70. The SMILES string of the molecule is c1ccc(-c2ccc(-c3cc4ccccn4c3)cc2)cc1. The maximum absolute atomic E-state index is 2.22. The van der Waals surface area contributed by atoms with Gasteiger partial charge in [0, 0.05) is 23.5 Å².